The van der Waals surface area contributed by atoms with Gasteiger partial charge in [0.2, 0.25) is 5.91 Å². The molecule has 1 saturated heterocycles. The maximum atomic E-state index is 11.0. The molecule has 2 unspecified atom stereocenters. The van der Waals surface area contributed by atoms with E-state index in [1.165, 1.54) is 0 Å². The van der Waals surface area contributed by atoms with Gasteiger partial charge in [-0.3, -0.25) is 4.79 Å². The molecule has 1 fully saturated rings. The summed E-state index contributed by atoms with van der Waals surface area (Å²) in [4.78, 5) is 13.2. The Bertz CT molecular complexity index is 280. The standard InChI is InChI=1S/C14H28N2O4/c1-11(9-19-3)20-10-14(18)8-16-6-4-13(5-7-16)15-12(2)17/h11,13-14,18H,4-10H2,1-3H3,(H,15,17). The highest BCUT2D eigenvalue weighted by molar-refractivity contribution is 5.73. The molecule has 0 spiro atoms. The number of methoxy groups -OCH3 is 1. The predicted molar refractivity (Wildman–Crippen MR) is 76.6 cm³/mol. The van der Waals surface area contributed by atoms with Gasteiger partial charge in [0.25, 0.3) is 0 Å². The highest BCUT2D eigenvalue weighted by atomic mass is 16.5. The molecular weight excluding hydrogens is 260 g/mol. The number of aliphatic hydroxyl groups is 1. The summed E-state index contributed by atoms with van der Waals surface area (Å²) >= 11 is 0. The average Bonchev–Trinajstić information content (AvgIpc) is 2.38. The highest BCUT2D eigenvalue weighted by Crippen LogP contribution is 2.11. The Morgan fingerprint density at radius 3 is 2.60 bits per heavy atom. The van der Waals surface area contributed by atoms with Gasteiger partial charge < -0.3 is 24.8 Å². The molecule has 2 N–H and O–H groups in total. The molecule has 0 aromatic carbocycles. The van der Waals surface area contributed by atoms with E-state index in [1.54, 1.807) is 14.0 Å². The third-order valence-corrected chi connectivity index (χ3v) is 3.44. The normalized spacial score (nSPS) is 20.6. The Labute approximate surface area is 121 Å². The zero-order valence-electron chi connectivity index (χ0n) is 12.8. The lowest BCUT2D eigenvalue weighted by molar-refractivity contribution is -0.120. The molecule has 0 radical (unpaired) electrons. The molecule has 118 valence electrons. The number of likely N-dealkylation sites (tertiary alicyclic amines) is 1. The number of amides is 1. The molecule has 0 bridgehead atoms. The molecule has 0 aliphatic carbocycles. The molecule has 1 aliphatic heterocycles. The van der Waals surface area contributed by atoms with Gasteiger partial charge in [-0.25, -0.2) is 0 Å². The lowest BCUT2D eigenvalue weighted by Crippen LogP contribution is -2.46. The van der Waals surface area contributed by atoms with E-state index in [9.17, 15) is 9.90 Å². The third-order valence-electron chi connectivity index (χ3n) is 3.44. The van der Waals surface area contributed by atoms with Crippen LogP contribution in [0.5, 0.6) is 0 Å². The fourth-order valence-corrected chi connectivity index (χ4v) is 2.46. The largest absolute Gasteiger partial charge is 0.389 e. The van der Waals surface area contributed by atoms with Crippen LogP contribution in [-0.2, 0) is 14.3 Å². The first-order valence-corrected chi connectivity index (χ1v) is 7.29. The van der Waals surface area contributed by atoms with E-state index < -0.39 is 6.10 Å². The number of carbonyl (C=O) groups excluding carboxylic acids is 1. The minimum Gasteiger partial charge on any atom is -0.389 e. The van der Waals surface area contributed by atoms with Crippen LogP contribution in [0.3, 0.4) is 0 Å². The first-order chi connectivity index (χ1) is 9.51. The van der Waals surface area contributed by atoms with Crippen LogP contribution < -0.4 is 5.32 Å². The van der Waals surface area contributed by atoms with Gasteiger partial charge in [0, 0.05) is 39.7 Å². The number of ether oxygens (including phenoxy) is 2. The van der Waals surface area contributed by atoms with E-state index >= 15 is 0 Å². The van der Waals surface area contributed by atoms with Crippen molar-refractivity contribution in [3.8, 4) is 0 Å². The quantitative estimate of drug-likeness (QED) is 0.658. The minimum atomic E-state index is -0.480. The maximum absolute atomic E-state index is 11.0. The van der Waals surface area contributed by atoms with Crippen LogP contribution in [0, 0.1) is 0 Å². The van der Waals surface area contributed by atoms with Crippen molar-refractivity contribution in [3.05, 3.63) is 0 Å². The molecule has 6 nitrogen and oxygen atoms in total. The number of hydrogen-bond acceptors (Lipinski definition) is 5. The summed E-state index contributed by atoms with van der Waals surface area (Å²) in [6.07, 6.45) is 1.40. The molecule has 1 heterocycles. The number of nitrogens with one attached hydrogen (secondary N) is 1. The van der Waals surface area contributed by atoms with Gasteiger partial charge in [0.1, 0.15) is 0 Å². The first-order valence-electron chi connectivity index (χ1n) is 7.29. The second-order valence-electron chi connectivity index (χ2n) is 5.53. The maximum Gasteiger partial charge on any atom is 0.217 e. The Morgan fingerprint density at radius 2 is 2.05 bits per heavy atom. The van der Waals surface area contributed by atoms with Gasteiger partial charge in [-0.1, -0.05) is 0 Å². The Kier molecular flexibility index (Phi) is 8.06. The molecule has 0 saturated carbocycles. The van der Waals surface area contributed by atoms with E-state index in [-0.39, 0.29) is 18.1 Å². The van der Waals surface area contributed by atoms with Crippen molar-refractivity contribution in [1.82, 2.24) is 10.2 Å². The second kappa shape index (κ2) is 9.28. The zero-order valence-corrected chi connectivity index (χ0v) is 12.8. The number of piperidine rings is 1. The van der Waals surface area contributed by atoms with Crippen LogP contribution in [0.25, 0.3) is 0 Å². The summed E-state index contributed by atoms with van der Waals surface area (Å²) in [5.41, 5.74) is 0. The van der Waals surface area contributed by atoms with Crippen LogP contribution in [0.2, 0.25) is 0 Å². The molecule has 20 heavy (non-hydrogen) atoms. The molecular formula is C14H28N2O4. The van der Waals surface area contributed by atoms with Crippen molar-refractivity contribution >= 4 is 5.91 Å². The molecule has 1 rings (SSSR count). The number of β-amino-alcohol motifs (C(OH)–C–C–N with tert-alkyl or cyclic N) is 1. The molecule has 1 amide bonds. The van der Waals surface area contributed by atoms with Gasteiger partial charge in [-0.15, -0.1) is 0 Å². The molecule has 6 heteroatoms. The van der Waals surface area contributed by atoms with Crippen molar-refractivity contribution in [1.29, 1.82) is 0 Å². The molecule has 0 aromatic rings. The fourth-order valence-electron chi connectivity index (χ4n) is 2.46. The Hall–Kier alpha value is -0.690. The van der Waals surface area contributed by atoms with E-state index in [4.69, 9.17) is 9.47 Å². The van der Waals surface area contributed by atoms with Crippen molar-refractivity contribution in [3.63, 3.8) is 0 Å². The van der Waals surface area contributed by atoms with Gasteiger partial charge in [0.05, 0.1) is 25.4 Å². The van der Waals surface area contributed by atoms with Crippen LogP contribution in [-0.4, -0.2) is 74.1 Å². The molecule has 0 aromatic heterocycles. The SMILES string of the molecule is COCC(C)OCC(O)CN1CCC(NC(C)=O)CC1. The number of rotatable bonds is 8. The minimum absolute atomic E-state index is 0.000142. The zero-order chi connectivity index (χ0) is 15.0. The lowest BCUT2D eigenvalue weighted by Gasteiger charge is -2.33. The summed E-state index contributed by atoms with van der Waals surface area (Å²) in [6, 6.07) is 0.277. The topological polar surface area (TPSA) is 71.0 Å². The number of aliphatic hydroxyl groups excluding tert-OH is 1. The van der Waals surface area contributed by atoms with Crippen LogP contribution in [0.15, 0.2) is 0 Å². The predicted octanol–water partition coefficient (Wildman–Crippen LogP) is -0.000700. The van der Waals surface area contributed by atoms with Crippen LogP contribution in [0.1, 0.15) is 26.7 Å². The first kappa shape index (κ1) is 17.4. The lowest BCUT2D eigenvalue weighted by atomic mass is 10.0. The monoisotopic (exact) mass is 288 g/mol. The van der Waals surface area contributed by atoms with Crippen molar-refractivity contribution < 1.29 is 19.4 Å². The van der Waals surface area contributed by atoms with E-state index in [0.29, 0.717) is 19.8 Å². The van der Waals surface area contributed by atoms with Gasteiger partial charge in [-0.2, -0.15) is 0 Å². The van der Waals surface area contributed by atoms with Gasteiger partial charge >= 0.3 is 0 Å². The van der Waals surface area contributed by atoms with Crippen LogP contribution >= 0.6 is 0 Å². The Morgan fingerprint density at radius 1 is 1.40 bits per heavy atom. The summed E-state index contributed by atoms with van der Waals surface area (Å²) in [5.74, 6) is 0.0315. The third kappa shape index (κ3) is 7.19. The van der Waals surface area contributed by atoms with E-state index in [1.807, 2.05) is 6.92 Å². The highest BCUT2D eigenvalue weighted by Gasteiger charge is 2.21. The van der Waals surface area contributed by atoms with Gasteiger partial charge in [0.15, 0.2) is 0 Å². The van der Waals surface area contributed by atoms with Crippen molar-refractivity contribution in [2.45, 2.75) is 44.9 Å². The van der Waals surface area contributed by atoms with Crippen LogP contribution in [0.4, 0.5) is 0 Å². The second-order valence-corrected chi connectivity index (χ2v) is 5.53. The number of carbonyl (C=O) groups is 1. The van der Waals surface area contributed by atoms with E-state index in [0.717, 1.165) is 25.9 Å². The number of nitrogens with zero attached hydrogens (tertiary/aromatic N) is 1. The molecule has 1 aliphatic rings. The van der Waals surface area contributed by atoms with Crippen molar-refractivity contribution in [2.24, 2.45) is 0 Å². The van der Waals surface area contributed by atoms with Crippen molar-refractivity contribution in [2.75, 3.05) is 40.0 Å². The smallest absolute Gasteiger partial charge is 0.217 e. The molecule has 2 atom stereocenters. The van der Waals surface area contributed by atoms with Gasteiger partial charge in [-0.05, 0) is 19.8 Å². The summed E-state index contributed by atoms with van der Waals surface area (Å²) < 4.78 is 10.5. The summed E-state index contributed by atoms with van der Waals surface area (Å²) in [6.45, 7) is 6.76. The Balaban J connectivity index is 2.14. The summed E-state index contributed by atoms with van der Waals surface area (Å²) in [7, 11) is 1.63. The fraction of sp³-hybridized carbons (Fsp3) is 0.929. The average molecular weight is 288 g/mol. The summed E-state index contributed by atoms with van der Waals surface area (Å²) in [5, 5.41) is 12.9. The number of hydrogen-bond donors (Lipinski definition) is 2. The van der Waals surface area contributed by atoms with E-state index in [2.05, 4.69) is 10.2 Å².